The van der Waals surface area contributed by atoms with E-state index in [2.05, 4.69) is 0 Å². The van der Waals surface area contributed by atoms with Gasteiger partial charge in [0, 0.05) is 6.04 Å². The fourth-order valence-electron chi connectivity index (χ4n) is 1.38. The summed E-state index contributed by atoms with van der Waals surface area (Å²) in [6, 6.07) is 4.19. The first-order chi connectivity index (χ1) is 7.08. The number of benzene rings is 1. The van der Waals surface area contributed by atoms with Gasteiger partial charge in [-0.25, -0.2) is 4.39 Å². The number of nitrogens with zero attached hydrogens (tertiary/aromatic N) is 1. The average molecular weight is 245 g/mol. The number of aliphatic hydroxyl groups is 1. The van der Waals surface area contributed by atoms with Crippen molar-refractivity contribution in [2.45, 2.75) is 19.4 Å². The van der Waals surface area contributed by atoms with Crippen LogP contribution in [-0.2, 0) is 6.42 Å². The maximum Gasteiger partial charge on any atom is 0.141 e. The van der Waals surface area contributed by atoms with E-state index in [0.29, 0.717) is 6.42 Å². The molecule has 88 valence electrons. The molecule has 3 N–H and O–H groups in total. The molecule has 0 radical (unpaired) electrons. The molecule has 0 aromatic heterocycles. The monoisotopic (exact) mass is 244 g/mol. The van der Waals surface area contributed by atoms with E-state index in [1.165, 1.54) is 12.1 Å². The van der Waals surface area contributed by atoms with E-state index in [4.69, 9.17) is 16.1 Å². The van der Waals surface area contributed by atoms with E-state index < -0.39 is 11.9 Å². The van der Waals surface area contributed by atoms with E-state index in [1.54, 1.807) is 13.0 Å². The summed E-state index contributed by atoms with van der Waals surface area (Å²) in [6.07, 6.45) is 0.408. The van der Waals surface area contributed by atoms with Gasteiger partial charge in [-0.1, -0.05) is 0 Å². The van der Waals surface area contributed by atoms with Gasteiger partial charge in [-0.2, -0.15) is 5.26 Å². The second kappa shape index (κ2) is 6.44. The third kappa shape index (κ3) is 3.46. The molecule has 0 aliphatic rings. The third-order valence-electron chi connectivity index (χ3n) is 2.26. The number of rotatable bonds is 3. The van der Waals surface area contributed by atoms with Crippen molar-refractivity contribution in [3.63, 3.8) is 0 Å². The van der Waals surface area contributed by atoms with Crippen molar-refractivity contribution in [3.05, 3.63) is 34.6 Å². The van der Waals surface area contributed by atoms with Gasteiger partial charge in [-0.15, -0.1) is 12.4 Å². The molecular formula is C11H14ClFN2O. The molecule has 1 aromatic carbocycles. The van der Waals surface area contributed by atoms with Gasteiger partial charge in [-0.05, 0) is 36.6 Å². The summed E-state index contributed by atoms with van der Waals surface area (Å²) in [7, 11) is 0. The number of aryl methyl sites for hydroxylation is 1. The van der Waals surface area contributed by atoms with Crippen LogP contribution < -0.4 is 5.73 Å². The van der Waals surface area contributed by atoms with Crippen LogP contribution in [-0.4, -0.2) is 17.8 Å². The summed E-state index contributed by atoms with van der Waals surface area (Å²) in [6.45, 7) is 1.65. The fourth-order valence-corrected chi connectivity index (χ4v) is 1.38. The van der Waals surface area contributed by atoms with E-state index >= 15 is 0 Å². The molecule has 0 spiro atoms. The molecule has 5 heteroatoms. The highest BCUT2D eigenvalue weighted by atomic mass is 35.5. The molecule has 16 heavy (non-hydrogen) atoms. The minimum absolute atomic E-state index is 0. The molecule has 1 rings (SSSR count). The van der Waals surface area contributed by atoms with Crippen LogP contribution in [0.15, 0.2) is 12.1 Å². The molecule has 1 atom stereocenters. The highest BCUT2D eigenvalue weighted by Crippen LogP contribution is 2.16. The van der Waals surface area contributed by atoms with Crippen molar-refractivity contribution in [2.75, 3.05) is 6.61 Å². The quantitative estimate of drug-likeness (QED) is 0.842. The van der Waals surface area contributed by atoms with Crippen molar-refractivity contribution in [1.29, 1.82) is 5.26 Å². The van der Waals surface area contributed by atoms with Crippen molar-refractivity contribution < 1.29 is 9.50 Å². The van der Waals surface area contributed by atoms with Crippen LogP contribution in [0.2, 0.25) is 0 Å². The molecule has 0 aliphatic heterocycles. The Morgan fingerprint density at radius 1 is 1.56 bits per heavy atom. The summed E-state index contributed by atoms with van der Waals surface area (Å²) < 4.78 is 13.3. The Labute approximate surface area is 100 Å². The lowest BCUT2D eigenvalue weighted by molar-refractivity contribution is 0.265. The molecule has 0 bridgehead atoms. The Kier molecular flexibility index (Phi) is 5.97. The first-order valence-corrected chi connectivity index (χ1v) is 4.64. The fraction of sp³-hybridized carbons (Fsp3) is 0.364. The van der Waals surface area contributed by atoms with Crippen molar-refractivity contribution in [3.8, 4) is 6.07 Å². The second-order valence-electron chi connectivity index (χ2n) is 3.52. The third-order valence-corrected chi connectivity index (χ3v) is 2.26. The number of aliphatic hydroxyl groups excluding tert-OH is 1. The number of hydrogen-bond donors (Lipinski definition) is 2. The van der Waals surface area contributed by atoms with Crippen molar-refractivity contribution in [2.24, 2.45) is 5.73 Å². The predicted octanol–water partition coefficient (Wildman–Crippen LogP) is 1.29. The minimum atomic E-state index is -0.539. The van der Waals surface area contributed by atoms with Crippen LogP contribution >= 0.6 is 12.4 Å². The Morgan fingerprint density at radius 2 is 2.19 bits per heavy atom. The van der Waals surface area contributed by atoms with E-state index in [0.717, 1.165) is 11.1 Å². The molecule has 0 unspecified atom stereocenters. The molecule has 0 saturated heterocycles. The first kappa shape index (κ1) is 14.8. The van der Waals surface area contributed by atoms with Crippen molar-refractivity contribution >= 4 is 12.4 Å². The summed E-state index contributed by atoms with van der Waals surface area (Å²) >= 11 is 0. The number of nitriles is 1. The Bertz CT molecular complexity index is 404. The second-order valence-corrected chi connectivity index (χ2v) is 3.52. The molecular weight excluding hydrogens is 231 g/mol. The van der Waals surface area contributed by atoms with Gasteiger partial charge in [-0.3, -0.25) is 0 Å². The van der Waals surface area contributed by atoms with Gasteiger partial charge in [0.15, 0.2) is 0 Å². The Balaban J connectivity index is 0.00000225. The normalized spacial score (nSPS) is 11.4. The molecule has 3 nitrogen and oxygen atoms in total. The topological polar surface area (TPSA) is 70.0 Å². The van der Waals surface area contributed by atoms with E-state index in [1.807, 2.05) is 0 Å². The molecule has 0 amide bonds. The SMILES string of the molecule is Cc1cc(C#N)c(F)cc1C[C@@H](N)CO.Cl. The summed E-state index contributed by atoms with van der Waals surface area (Å²) in [5.41, 5.74) is 7.14. The predicted molar refractivity (Wildman–Crippen MR) is 61.9 cm³/mol. The summed E-state index contributed by atoms with van der Waals surface area (Å²) in [5, 5.41) is 17.4. The largest absolute Gasteiger partial charge is 0.395 e. The minimum Gasteiger partial charge on any atom is -0.395 e. The van der Waals surface area contributed by atoms with Crippen LogP contribution in [0.4, 0.5) is 4.39 Å². The van der Waals surface area contributed by atoms with Crippen LogP contribution in [0.3, 0.4) is 0 Å². The van der Waals surface area contributed by atoms with Gasteiger partial charge in [0.05, 0.1) is 12.2 Å². The van der Waals surface area contributed by atoms with Crippen LogP contribution in [0.25, 0.3) is 0 Å². The number of halogens is 2. The lowest BCUT2D eigenvalue weighted by atomic mass is 9.99. The summed E-state index contributed by atoms with van der Waals surface area (Å²) in [4.78, 5) is 0. The molecule has 0 fully saturated rings. The van der Waals surface area contributed by atoms with E-state index in [9.17, 15) is 4.39 Å². The zero-order valence-corrected chi connectivity index (χ0v) is 9.72. The smallest absolute Gasteiger partial charge is 0.141 e. The number of nitrogens with two attached hydrogens (primary N) is 1. The maximum atomic E-state index is 13.3. The molecule has 0 heterocycles. The number of hydrogen-bond acceptors (Lipinski definition) is 3. The molecule has 0 saturated carbocycles. The van der Waals surface area contributed by atoms with Crippen LogP contribution in [0, 0.1) is 24.1 Å². The zero-order valence-electron chi connectivity index (χ0n) is 8.90. The highest BCUT2D eigenvalue weighted by molar-refractivity contribution is 5.85. The van der Waals surface area contributed by atoms with Gasteiger partial charge in [0.1, 0.15) is 11.9 Å². The maximum absolute atomic E-state index is 13.3. The molecule has 0 aliphatic carbocycles. The van der Waals surface area contributed by atoms with Gasteiger partial charge in [0.25, 0.3) is 0 Å². The van der Waals surface area contributed by atoms with Gasteiger partial charge >= 0.3 is 0 Å². The van der Waals surface area contributed by atoms with Crippen molar-refractivity contribution in [1.82, 2.24) is 0 Å². The Morgan fingerprint density at radius 3 is 2.69 bits per heavy atom. The average Bonchev–Trinajstić information content (AvgIpc) is 2.22. The van der Waals surface area contributed by atoms with E-state index in [-0.39, 0.29) is 24.6 Å². The van der Waals surface area contributed by atoms with Gasteiger partial charge < -0.3 is 10.8 Å². The highest BCUT2D eigenvalue weighted by Gasteiger charge is 2.09. The lowest BCUT2D eigenvalue weighted by Crippen LogP contribution is -2.27. The van der Waals surface area contributed by atoms with Crippen LogP contribution in [0.5, 0.6) is 0 Å². The Hall–Kier alpha value is -1.15. The standard InChI is InChI=1S/C11H13FN2O.ClH/c1-7-2-9(5-13)11(12)4-8(7)3-10(14)6-15;/h2,4,10,15H,3,6,14H2,1H3;1H/t10-;/m1./s1. The zero-order chi connectivity index (χ0) is 11.4. The lowest BCUT2D eigenvalue weighted by Gasteiger charge is -2.11. The van der Waals surface area contributed by atoms with Gasteiger partial charge in [0.2, 0.25) is 0 Å². The molecule has 1 aromatic rings. The summed E-state index contributed by atoms with van der Waals surface area (Å²) in [5.74, 6) is -0.539. The van der Waals surface area contributed by atoms with Crippen LogP contribution in [0.1, 0.15) is 16.7 Å². The first-order valence-electron chi connectivity index (χ1n) is 4.64.